The zero-order valence-corrected chi connectivity index (χ0v) is 6.39. The third kappa shape index (κ3) is 10.7. The number of ether oxygens (including phenoxy) is 1. The van der Waals surface area contributed by atoms with Gasteiger partial charge < -0.3 is 6.16 Å². The van der Waals surface area contributed by atoms with Crippen LogP contribution in [0.15, 0.2) is 12.7 Å². The summed E-state index contributed by atoms with van der Waals surface area (Å²) in [5.74, 6) is 0. The zero-order valence-electron chi connectivity index (χ0n) is 5.39. The van der Waals surface area contributed by atoms with Crippen LogP contribution in [0.3, 0.4) is 0 Å². The van der Waals surface area contributed by atoms with Gasteiger partial charge >= 0.3 is 29.6 Å². The summed E-state index contributed by atoms with van der Waals surface area (Å²) in [5.41, 5.74) is 0. The maximum absolute atomic E-state index is 9.29. The molecule has 7 heavy (non-hydrogen) atoms. The molecule has 0 rings (SSSR count). The van der Waals surface area contributed by atoms with Gasteiger partial charge in [-0.3, -0.25) is 4.79 Å². The first-order valence-corrected chi connectivity index (χ1v) is 1.58. The smallest absolute Gasteiger partial charge is 1.00 e. The van der Waals surface area contributed by atoms with Crippen LogP contribution in [0, 0.1) is 0 Å². The Labute approximate surface area is 66.3 Å². The van der Waals surface area contributed by atoms with E-state index in [-0.39, 0.29) is 31.0 Å². The predicted octanol–water partition coefficient (Wildman–Crippen LogP) is -2.54. The second kappa shape index (κ2) is 9.51. The van der Waals surface area contributed by atoms with Gasteiger partial charge in [-0.05, 0) is 0 Å². The molecule has 0 saturated heterocycles. The minimum atomic E-state index is 0. The largest absolute Gasteiger partial charge is 1.00 e. The molecule has 0 aromatic carbocycles. The van der Waals surface area contributed by atoms with Crippen LogP contribution in [-0.4, -0.2) is 13.1 Å². The maximum Gasteiger partial charge on any atom is 1.00 e. The number of rotatable bonds is 3. The number of carbonyl (C=O) groups is 1. The molecule has 0 aromatic rings. The van der Waals surface area contributed by atoms with E-state index in [1.54, 1.807) is 0 Å². The normalized spacial score (nSPS) is 5.71. The molecule has 0 radical (unpaired) electrons. The van der Waals surface area contributed by atoms with Crippen molar-refractivity contribution in [2.75, 3.05) is 6.61 Å². The van der Waals surface area contributed by atoms with Crippen LogP contribution in [0.25, 0.3) is 0 Å². The van der Waals surface area contributed by atoms with Crippen LogP contribution in [0.5, 0.6) is 0 Å². The molecular weight excluding hydrogens is 103 g/mol. The van der Waals surface area contributed by atoms with E-state index in [0.29, 0.717) is 13.1 Å². The van der Waals surface area contributed by atoms with E-state index in [4.69, 9.17) is 0 Å². The van der Waals surface area contributed by atoms with Gasteiger partial charge in [-0.25, -0.2) is 0 Å². The van der Waals surface area contributed by atoms with Crippen molar-refractivity contribution in [2.24, 2.45) is 0 Å². The Balaban J connectivity index is -0.000000125. The van der Waals surface area contributed by atoms with E-state index < -0.39 is 0 Å². The fourth-order valence-corrected chi connectivity index (χ4v) is 0.107. The average molecular weight is 110 g/mol. The summed E-state index contributed by atoms with van der Waals surface area (Å²) in [5, 5.41) is 0. The fourth-order valence-electron chi connectivity index (χ4n) is 0.107. The quantitative estimate of drug-likeness (QED) is 0.173. The molecule has 0 bridgehead atoms. The molecule has 0 saturated carbocycles. The molecule has 2 nitrogen and oxygen atoms in total. The van der Waals surface area contributed by atoms with Gasteiger partial charge in [0.05, 0.1) is 0 Å². The third-order valence-corrected chi connectivity index (χ3v) is 0.282. The molecule has 0 heterocycles. The van der Waals surface area contributed by atoms with Crippen molar-refractivity contribution in [3.05, 3.63) is 12.7 Å². The van der Waals surface area contributed by atoms with Crippen molar-refractivity contribution in [1.29, 1.82) is 0 Å². The second-order valence-corrected chi connectivity index (χ2v) is 0.718. The summed E-state index contributed by atoms with van der Waals surface area (Å²) in [7, 11) is 0. The number of hydrogen-bond acceptors (Lipinski definition) is 2. The Morgan fingerprint density at radius 2 is 2.43 bits per heavy atom. The van der Waals surface area contributed by atoms with Gasteiger partial charge in [0.25, 0.3) is 6.47 Å². The van der Waals surface area contributed by atoms with Gasteiger partial charge in [-0.1, -0.05) is 12.7 Å². The summed E-state index contributed by atoms with van der Waals surface area (Å²) < 4.78 is 4.18. The summed E-state index contributed by atoms with van der Waals surface area (Å²) in [4.78, 5) is 9.29. The molecule has 0 unspecified atom stereocenters. The Kier molecular flexibility index (Phi) is 13.9. The monoisotopic (exact) mass is 110 g/mol. The fraction of sp³-hybridized carbons (Fsp3) is 0.250. The first-order chi connectivity index (χ1) is 2.91. The zero-order chi connectivity index (χ0) is 4.83. The van der Waals surface area contributed by atoms with Crippen molar-refractivity contribution >= 4 is 6.47 Å². The first kappa shape index (κ1) is 10.2. The standard InChI is InChI=1S/C4H6O2.Na.H/c1-2-3-6-4-5;;/h2,4H,1,3H2;;/q;+1;-1. The Bertz CT molecular complexity index is 50.0. The van der Waals surface area contributed by atoms with Crippen LogP contribution in [0.2, 0.25) is 0 Å². The topological polar surface area (TPSA) is 26.3 Å². The van der Waals surface area contributed by atoms with Crippen LogP contribution in [0.1, 0.15) is 1.43 Å². The van der Waals surface area contributed by atoms with E-state index in [0.717, 1.165) is 0 Å². The van der Waals surface area contributed by atoms with Crippen LogP contribution in [0.4, 0.5) is 0 Å². The molecule has 0 fully saturated rings. The van der Waals surface area contributed by atoms with Crippen LogP contribution in [-0.2, 0) is 9.53 Å². The summed E-state index contributed by atoms with van der Waals surface area (Å²) >= 11 is 0. The molecule has 0 atom stereocenters. The van der Waals surface area contributed by atoms with Crippen molar-refractivity contribution in [1.82, 2.24) is 0 Å². The molecule has 0 aliphatic heterocycles. The molecule has 0 N–H and O–H groups in total. The molecule has 0 aromatic heterocycles. The summed E-state index contributed by atoms with van der Waals surface area (Å²) in [6.45, 7) is 4.01. The van der Waals surface area contributed by atoms with Gasteiger partial charge in [-0.2, -0.15) is 0 Å². The van der Waals surface area contributed by atoms with Crippen molar-refractivity contribution in [3.8, 4) is 0 Å². The molecule has 0 amide bonds. The summed E-state index contributed by atoms with van der Waals surface area (Å²) in [6, 6.07) is 0. The van der Waals surface area contributed by atoms with Crippen molar-refractivity contribution in [3.63, 3.8) is 0 Å². The Morgan fingerprint density at radius 3 is 2.57 bits per heavy atom. The molecule has 0 spiro atoms. The number of hydrogen-bond donors (Lipinski definition) is 0. The minimum absolute atomic E-state index is 0. The first-order valence-electron chi connectivity index (χ1n) is 1.58. The van der Waals surface area contributed by atoms with Crippen molar-refractivity contribution in [2.45, 2.75) is 0 Å². The number of carbonyl (C=O) groups excluding carboxylic acids is 1. The SMILES string of the molecule is C=CCOC=O.[H-].[Na+]. The van der Waals surface area contributed by atoms with E-state index in [9.17, 15) is 4.79 Å². The molecule has 0 aliphatic carbocycles. The third-order valence-electron chi connectivity index (χ3n) is 0.282. The van der Waals surface area contributed by atoms with E-state index >= 15 is 0 Å². The Morgan fingerprint density at radius 1 is 1.86 bits per heavy atom. The minimum Gasteiger partial charge on any atom is -1.00 e. The van der Waals surface area contributed by atoms with E-state index in [2.05, 4.69) is 11.3 Å². The predicted molar refractivity (Wildman–Crippen MR) is 23.3 cm³/mol. The van der Waals surface area contributed by atoms with Gasteiger partial charge in [0, 0.05) is 0 Å². The van der Waals surface area contributed by atoms with Gasteiger partial charge in [0.15, 0.2) is 0 Å². The molecule has 0 aliphatic rings. The van der Waals surface area contributed by atoms with Gasteiger partial charge in [0.1, 0.15) is 6.61 Å². The van der Waals surface area contributed by atoms with Gasteiger partial charge in [-0.15, -0.1) is 0 Å². The molecule has 36 valence electrons. The van der Waals surface area contributed by atoms with E-state index in [1.165, 1.54) is 6.08 Å². The maximum atomic E-state index is 9.29. The molecular formula is C4H7NaO2. The van der Waals surface area contributed by atoms with Crippen LogP contribution >= 0.6 is 0 Å². The van der Waals surface area contributed by atoms with Gasteiger partial charge in [0.2, 0.25) is 0 Å². The average Bonchev–Trinajstić information content (AvgIpc) is 1.61. The summed E-state index contributed by atoms with van der Waals surface area (Å²) in [6.07, 6.45) is 1.51. The van der Waals surface area contributed by atoms with Crippen LogP contribution < -0.4 is 29.6 Å². The molecule has 3 heteroatoms. The van der Waals surface area contributed by atoms with E-state index in [1.807, 2.05) is 0 Å². The second-order valence-electron chi connectivity index (χ2n) is 0.718. The Hall–Kier alpha value is 0.210. The van der Waals surface area contributed by atoms with Crippen molar-refractivity contribution < 1.29 is 40.5 Å².